The number of halogens is 4. The summed E-state index contributed by atoms with van der Waals surface area (Å²) in [6, 6.07) is 10.3. The minimum absolute atomic E-state index is 0.278. The van der Waals surface area contributed by atoms with Crippen LogP contribution >= 0.6 is 11.8 Å². The van der Waals surface area contributed by atoms with Crippen LogP contribution in [0.4, 0.5) is 23.2 Å². The first kappa shape index (κ1) is 21.6. The smallest absolute Gasteiger partial charge is 0.406 e. The number of tetrazole rings is 1. The molecule has 0 aliphatic carbocycles. The van der Waals surface area contributed by atoms with Crippen LogP contribution < -0.4 is 10.1 Å². The fourth-order valence-electron chi connectivity index (χ4n) is 2.41. The fraction of sp³-hybridized carbons (Fsp3) is 0.222. The molecule has 2 aromatic carbocycles. The molecule has 1 amide bonds. The molecule has 0 aliphatic heterocycles. The van der Waals surface area contributed by atoms with Gasteiger partial charge in [-0.3, -0.25) is 4.79 Å². The lowest BCUT2D eigenvalue weighted by Crippen LogP contribution is -2.25. The third kappa shape index (κ3) is 5.69. The second kappa shape index (κ2) is 9.11. The average Bonchev–Trinajstić information content (AvgIpc) is 3.15. The molecule has 158 valence electrons. The Morgan fingerprint density at radius 1 is 1.17 bits per heavy atom. The zero-order valence-electron chi connectivity index (χ0n) is 15.4. The Morgan fingerprint density at radius 3 is 2.43 bits per heavy atom. The molecule has 1 N–H and O–H groups in total. The van der Waals surface area contributed by atoms with E-state index in [1.807, 2.05) is 0 Å². The SMILES string of the molecule is CCC(Sc1nnnn1-c1ccc(OC(F)(F)F)cc1)C(=O)Nc1ccc(F)cc1. The van der Waals surface area contributed by atoms with Crippen LogP contribution in [0.15, 0.2) is 53.7 Å². The highest BCUT2D eigenvalue weighted by Crippen LogP contribution is 2.28. The Labute approximate surface area is 172 Å². The number of rotatable bonds is 7. The lowest BCUT2D eigenvalue weighted by molar-refractivity contribution is -0.274. The number of hydrogen-bond donors (Lipinski definition) is 1. The maximum atomic E-state index is 13.0. The van der Waals surface area contributed by atoms with Crippen LogP contribution in [-0.4, -0.2) is 37.7 Å². The molecule has 1 atom stereocenters. The highest BCUT2D eigenvalue weighted by molar-refractivity contribution is 8.00. The van der Waals surface area contributed by atoms with Gasteiger partial charge >= 0.3 is 6.36 Å². The number of thioether (sulfide) groups is 1. The molecule has 7 nitrogen and oxygen atoms in total. The summed E-state index contributed by atoms with van der Waals surface area (Å²) >= 11 is 1.09. The second-order valence-electron chi connectivity index (χ2n) is 5.93. The lowest BCUT2D eigenvalue weighted by Gasteiger charge is -2.14. The highest BCUT2D eigenvalue weighted by Gasteiger charge is 2.31. The first-order valence-electron chi connectivity index (χ1n) is 8.63. The lowest BCUT2D eigenvalue weighted by atomic mass is 10.2. The van der Waals surface area contributed by atoms with Crippen LogP contribution in [0.25, 0.3) is 5.69 Å². The van der Waals surface area contributed by atoms with Crippen LogP contribution in [-0.2, 0) is 4.79 Å². The average molecular weight is 441 g/mol. The van der Waals surface area contributed by atoms with Gasteiger partial charge in [0.15, 0.2) is 0 Å². The molecule has 0 saturated heterocycles. The number of benzene rings is 2. The first-order valence-corrected chi connectivity index (χ1v) is 9.51. The molecular weight excluding hydrogens is 426 g/mol. The number of hydrogen-bond acceptors (Lipinski definition) is 6. The Balaban J connectivity index is 1.72. The number of amides is 1. The van der Waals surface area contributed by atoms with E-state index < -0.39 is 17.4 Å². The zero-order chi connectivity index (χ0) is 21.7. The predicted molar refractivity (Wildman–Crippen MR) is 101 cm³/mol. The highest BCUT2D eigenvalue weighted by atomic mass is 32.2. The summed E-state index contributed by atoms with van der Waals surface area (Å²) in [7, 11) is 0. The van der Waals surface area contributed by atoms with Gasteiger partial charge in [0.1, 0.15) is 11.6 Å². The molecule has 1 aromatic heterocycles. The van der Waals surface area contributed by atoms with Gasteiger partial charge in [0.25, 0.3) is 0 Å². The Kier molecular flexibility index (Phi) is 6.55. The van der Waals surface area contributed by atoms with Gasteiger partial charge in [0.05, 0.1) is 10.9 Å². The van der Waals surface area contributed by atoms with Crippen LogP contribution in [0.3, 0.4) is 0 Å². The standard InChI is InChI=1S/C18H15F4N5O2S/c1-2-15(16(28)23-12-5-3-11(19)4-6-12)30-17-24-25-26-27(17)13-7-9-14(10-8-13)29-18(20,21)22/h3-10,15H,2H2,1H3,(H,23,28). The summed E-state index contributed by atoms with van der Waals surface area (Å²) < 4.78 is 55.0. The van der Waals surface area contributed by atoms with E-state index in [1.54, 1.807) is 6.92 Å². The number of anilines is 1. The van der Waals surface area contributed by atoms with Gasteiger partial charge in [-0.2, -0.15) is 4.68 Å². The summed E-state index contributed by atoms with van der Waals surface area (Å²) in [5, 5.41) is 13.7. The Bertz CT molecular complexity index is 993. The van der Waals surface area contributed by atoms with Crippen molar-refractivity contribution in [1.82, 2.24) is 20.2 Å². The Hall–Kier alpha value is -3.15. The van der Waals surface area contributed by atoms with Crippen molar-refractivity contribution in [3.8, 4) is 11.4 Å². The molecule has 0 radical (unpaired) electrons. The van der Waals surface area contributed by atoms with Crippen LogP contribution in [0.1, 0.15) is 13.3 Å². The van der Waals surface area contributed by atoms with Gasteiger partial charge in [-0.05, 0) is 65.4 Å². The number of carbonyl (C=O) groups is 1. The van der Waals surface area contributed by atoms with E-state index in [2.05, 4.69) is 25.6 Å². The van der Waals surface area contributed by atoms with E-state index in [9.17, 15) is 22.4 Å². The van der Waals surface area contributed by atoms with Crippen LogP contribution in [0, 0.1) is 5.82 Å². The topological polar surface area (TPSA) is 81.9 Å². The second-order valence-corrected chi connectivity index (χ2v) is 7.10. The normalized spacial score (nSPS) is 12.4. The molecule has 0 spiro atoms. The minimum Gasteiger partial charge on any atom is -0.406 e. The van der Waals surface area contributed by atoms with E-state index in [0.717, 1.165) is 23.9 Å². The predicted octanol–water partition coefficient (Wildman–Crippen LogP) is 4.21. The maximum Gasteiger partial charge on any atom is 0.573 e. The van der Waals surface area contributed by atoms with Crippen molar-refractivity contribution >= 4 is 23.4 Å². The summed E-state index contributed by atoms with van der Waals surface area (Å²) in [6.07, 6.45) is -4.34. The largest absolute Gasteiger partial charge is 0.573 e. The number of nitrogens with zero attached hydrogens (tertiary/aromatic N) is 4. The molecular formula is C18H15F4N5O2S. The van der Waals surface area contributed by atoms with E-state index in [0.29, 0.717) is 17.8 Å². The quantitative estimate of drug-likeness (QED) is 0.437. The summed E-state index contributed by atoms with van der Waals surface area (Å²) in [6.45, 7) is 1.80. The van der Waals surface area contributed by atoms with E-state index in [4.69, 9.17) is 0 Å². The van der Waals surface area contributed by atoms with Crippen molar-refractivity contribution in [1.29, 1.82) is 0 Å². The van der Waals surface area contributed by atoms with Gasteiger partial charge < -0.3 is 10.1 Å². The molecule has 3 rings (SSSR count). The van der Waals surface area contributed by atoms with Gasteiger partial charge in [-0.15, -0.1) is 18.3 Å². The third-order valence-corrected chi connectivity index (χ3v) is 5.08. The minimum atomic E-state index is -4.79. The van der Waals surface area contributed by atoms with E-state index in [-0.39, 0.29) is 16.8 Å². The first-order chi connectivity index (χ1) is 14.2. The molecule has 0 fully saturated rings. The molecule has 30 heavy (non-hydrogen) atoms. The maximum absolute atomic E-state index is 13.0. The molecule has 3 aromatic rings. The van der Waals surface area contributed by atoms with Crippen LogP contribution in [0.2, 0.25) is 0 Å². The molecule has 1 unspecified atom stereocenters. The molecule has 0 bridgehead atoms. The number of nitrogens with one attached hydrogen (secondary N) is 1. The third-order valence-electron chi connectivity index (χ3n) is 3.78. The summed E-state index contributed by atoms with van der Waals surface area (Å²) in [5.41, 5.74) is 0.839. The summed E-state index contributed by atoms with van der Waals surface area (Å²) in [4.78, 5) is 12.6. The van der Waals surface area contributed by atoms with Crippen LogP contribution in [0.5, 0.6) is 5.75 Å². The molecule has 12 heteroatoms. The molecule has 1 heterocycles. The van der Waals surface area contributed by atoms with Crippen molar-refractivity contribution < 1.29 is 27.1 Å². The van der Waals surface area contributed by atoms with Crippen molar-refractivity contribution in [2.45, 2.75) is 30.1 Å². The monoisotopic (exact) mass is 441 g/mol. The zero-order valence-corrected chi connectivity index (χ0v) is 16.2. The van der Waals surface area contributed by atoms with Crippen molar-refractivity contribution in [3.63, 3.8) is 0 Å². The van der Waals surface area contributed by atoms with Crippen molar-refractivity contribution in [2.75, 3.05) is 5.32 Å². The summed E-state index contributed by atoms with van der Waals surface area (Å²) in [5.74, 6) is -1.11. The van der Waals surface area contributed by atoms with Gasteiger partial charge in [0.2, 0.25) is 11.1 Å². The van der Waals surface area contributed by atoms with Crippen molar-refractivity contribution in [2.24, 2.45) is 0 Å². The fourth-order valence-corrected chi connectivity index (χ4v) is 3.32. The molecule has 0 saturated carbocycles. The molecule has 0 aliphatic rings. The van der Waals surface area contributed by atoms with Gasteiger partial charge in [-0.25, -0.2) is 4.39 Å². The number of alkyl halides is 3. The number of aromatic nitrogens is 4. The van der Waals surface area contributed by atoms with Gasteiger partial charge in [-0.1, -0.05) is 18.7 Å². The number of carbonyl (C=O) groups excluding carboxylic acids is 1. The van der Waals surface area contributed by atoms with Gasteiger partial charge in [0, 0.05) is 5.69 Å². The van der Waals surface area contributed by atoms with Crippen molar-refractivity contribution in [3.05, 3.63) is 54.3 Å². The number of ether oxygens (including phenoxy) is 1. The Morgan fingerprint density at radius 2 is 1.83 bits per heavy atom. The van der Waals surface area contributed by atoms with E-state index in [1.165, 1.54) is 41.1 Å². The van der Waals surface area contributed by atoms with E-state index >= 15 is 0 Å².